The molecule has 0 spiro atoms. The lowest BCUT2D eigenvalue weighted by Gasteiger charge is -2.29. The summed E-state index contributed by atoms with van der Waals surface area (Å²) in [5.41, 5.74) is 14.0. The number of para-hydroxylation sites is 2. The Balaban J connectivity index is 1.27. The normalized spacial score (nSPS) is 13.1. The van der Waals surface area contributed by atoms with Crippen LogP contribution in [0.2, 0.25) is 0 Å². The van der Waals surface area contributed by atoms with Crippen LogP contribution in [0.25, 0.3) is 98.0 Å². The van der Waals surface area contributed by atoms with Crippen LogP contribution in [0.3, 0.4) is 0 Å². The van der Waals surface area contributed by atoms with Crippen LogP contribution in [0.5, 0.6) is 0 Å². The summed E-state index contributed by atoms with van der Waals surface area (Å²) in [5, 5.41) is 13.7. The van der Waals surface area contributed by atoms with E-state index in [-0.39, 0.29) is 10.8 Å². The highest BCUT2D eigenvalue weighted by molar-refractivity contribution is 6.35. The fraction of sp³-hybridized carbons (Fsp3) is 0.140. The Morgan fingerprint density at radius 2 is 0.951 bits per heavy atom. The number of benzene rings is 8. The zero-order valence-corrected chi connectivity index (χ0v) is 35.3. The molecule has 0 fully saturated rings. The molecule has 0 bridgehead atoms. The van der Waals surface area contributed by atoms with E-state index in [1.54, 1.807) is 0 Å². The Labute approximate surface area is 353 Å². The van der Waals surface area contributed by atoms with Gasteiger partial charge in [-0.15, -0.1) is 0 Å². The average molecular weight is 785 g/mol. The monoisotopic (exact) mass is 784 g/mol. The first-order chi connectivity index (χ1) is 29.5. The van der Waals surface area contributed by atoms with Crippen molar-refractivity contribution in [3.63, 3.8) is 0 Å². The van der Waals surface area contributed by atoms with Gasteiger partial charge in [-0.2, -0.15) is 0 Å². The second-order valence-corrected chi connectivity index (χ2v) is 19.3. The van der Waals surface area contributed by atoms with Crippen LogP contribution in [-0.2, 0) is 10.8 Å². The van der Waals surface area contributed by atoms with E-state index in [4.69, 9.17) is 4.98 Å². The topological polar surface area (TPSA) is 24.9 Å². The number of aromatic nitrogens is 3. The van der Waals surface area contributed by atoms with Gasteiger partial charge in [0.15, 0.2) is 0 Å². The largest absolute Gasteiger partial charge is 0.308 e. The summed E-state index contributed by atoms with van der Waals surface area (Å²) < 4.78 is 5.03. The van der Waals surface area contributed by atoms with Gasteiger partial charge < -0.3 is 9.30 Å². The van der Waals surface area contributed by atoms with Crippen LogP contribution in [-0.4, -0.2) is 13.8 Å². The molecular weight excluding hydrogens is 741 g/mol. The Morgan fingerprint density at radius 1 is 0.410 bits per heavy atom. The van der Waals surface area contributed by atoms with Crippen molar-refractivity contribution in [2.24, 2.45) is 0 Å². The SMILES string of the molecule is CC(C)(C)c1ccc2c(c1)c1c3ccccc3cc3c4cc5c(nc4n2c31)c1c2ccccc2cc2c3cc(C(C)(C)C)cc(N(c4ccccc4)c4ccccc4)c3n5c21. The van der Waals surface area contributed by atoms with E-state index in [2.05, 4.69) is 213 Å². The second-order valence-electron chi connectivity index (χ2n) is 19.3. The predicted molar refractivity (Wildman–Crippen MR) is 261 cm³/mol. The van der Waals surface area contributed by atoms with E-state index < -0.39 is 0 Å². The molecule has 0 saturated carbocycles. The van der Waals surface area contributed by atoms with Gasteiger partial charge in [0.1, 0.15) is 5.65 Å². The molecule has 292 valence electrons. The zero-order valence-electron chi connectivity index (χ0n) is 35.3. The highest BCUT2D eigenvalue weighted by Gasteiger charge is 2.30. The molecule has 5 heterocycles. The number of rotatable bonds is 3. The van der Waals surface area contributed by atoms with Crippen LogP contribution < -0.4 is 4.90 Å². The van der Waals surface area contributed by atoms with Gasteiger partial charge in [-0.1, -0.05) is 133 Å². The first kappa shape index (κ1) is 34.7. The minimum atomic E-state index is -0.0914. The number of hydrogen-bond donors (Lipinski definition) is 0. The summed E-state index contributed by atoms with van der Waals surface area (Å²) >= 11 is 0. The molecule has 0 aliphatic carbocycles. The fourth-order valence-electron chi connectivity index (χ4n) is 10.6. The molecule has 0 aliphatic rings. The lowest BCUT2D eigenvalue weighted by atomic mass is 9.85. The summed E-state index contributed by atoms with van der Waals surface area (Å²) in [5.74, 6) is 0. The summed E-state index contributed by atoms with van der Waals surface area (Å²) in [4.78, 5) is 8.36. The zero-order chi connectivity index (χ0) is 41.1. The van der Waals surface area contributed by atoms with E-state index in [9.17, 15) is 0 Å². The third-order valence-corrected chi connectivity index (χ3v) is 13.6. The summed E-state index contributed by atoms with van der Waals surface area (Å²) in [6, 6.07) is 58.8. The molecule has 0 radical (unpaired) electrons. The minimum Gasteiger partial charge on any atom is -0.308 e. The van der Waals surface area contributed by atoms with Crippen molar-refractivity contribution < 1.29 is 0 Å². The van der Waals surface area contributed by atoms with Gasteiger partial charge in [0.2, 0.25) is 0 Å². The third-order valence-electron chi connectivity index (χ3n) is 13.6. The molecule has 8 aromatic carbocycles. The Hall–Kier alpha value is -7.17. The highest BCUT2D eigenvalue weighted by Crippen LogP contribution is 2.51. The van der Waals surface area contributed by atoms with Crippen LogP contribution in [0.1, 0.15) is 52.7 Å². The standard InChI is InChI=1S/C57H44N4/c1-56(2,3)35-25-26-46-45(29-35)49-39-23-15-13-17-33(39)28-42-44-32-47-51(58-55(44)61(46)53(42)49)50-40-24-16-14-18-34(40)27-41-43-30-36(57(4,5)6)31-48(52(43)60(47)54(41)50)59(37-19-9-7-10-20-37)38-21-11-8-12-22-38/h7-32H,1-6H3. The van der Waals surface area contributed by atoms with Gasteiger partial charge in [-0.05, 0) is 110 Å². The molecule has 13 aromatic rings. The van der Waals surface area contributed by atoms with Gasteiger partial charge in [0.25, 0.3) is 0 Å². The van der Waals surface area contributed by atoms with Gasteiger partial charge >= 0.3 is 0 Å². The lowest BCUT2D eigenvalue weighted by Crippen LogP contribution is -2.15. The van der Waals surface area contributed by atoms with E-state index in [0.29, 0.717) is 0 Å². The Morgan fingerprint density at radius 3 is 1.59 bits per heavy atom. The first-order valence-corrected chi connectivity index (χ1v) is 21.6. The number of hydrogen-bond acceptors (Lipinski definition) is 2. The van der Waals surface area contributed by atoms with Crippen LogP contribution >= 0.6 is 0 Å². The molecule has 13 rings (SSSR count). The maximum Gasteiger partial charge on any atom is 0.146 e. The molecule has 4 heteroatoms. The van der Waals surface area contributed by atoms with Crippen molar-refractivity contribution in [3.05, 3.63) is 169 Å². The molecule has 4 nitrogen and oxygen atoms in total. The minimum absolute atomic E-state index is 0.0240. The molecule has 5 aromatic heterocycles. The van der Waals surface area contributed by atoms with Crippen molar-refractivity contribution >= 4 is 115 Å². The van der Waals surface area contributed by atoms with Gasteiger partial charge in [0, 0.05) is 49.1 Å². The molecule has 0 atom stereocenters. The number of fused-ring (bicyclic) bond motifs is 16. The van der Waals surface area contributed by atoms with Gasteiger partial charge in [-0.3, -0.25) is 4.40 Å². The molecule has 61 heavy (non-hydrogen) atoms. The van der Waals surface area contributed by atoms with Gasteiger partial charge in [0.05, 0.1) is 38.8 Å². The van der Waals surface area contributed by atoms with Crippen molar-refractivity contribution in [1.82, 2.24) is 13.8 Å². The van der Waals surface area contributed by atoms with Crippen molar-refractivity contribution in [2.75, 3.05) is 4.90 Å². The molecule has 0 amide bonds. The third kappa shape index (κ3) is 4.62. The Kier molecular flexibility index (Phi) is 6.69. The van der Waals surface area contributed by atoms with E-state index in [1.807, 2.05) is 0 Å². The maximum absolute atomic E-state index is 5.90. The molecule has 0 unspecified atom stereocenters. The quantitative estimate of drug-likeness (QED) is 0.178. The lowest BCUT2D eigenvalue weighted by molar-refractivity contribution is 0.591. The molecule has 0 N–H and O–H groups in total. The van der Waals surface area contributed by atoms with Crippen molar-refractivity contribution in [1.29, 1.82) is 0 Å². The van der Waals surface area contributed by atoms with E-state index in [0.717, 1.165) is 33.7 Å². The number of pyridine rings is 1. The molecular formula is C57H44N4. The van der Waals surface area contributed by atoms with Gasteiger partial charge in [-0.25, -0.2) is 4.98 Å². The van der Waals surface area contributed by atoms with E-state index in [1.165, 1.54) is 92.4 Å². The first-order valence-electron chi connectivity index (χ1n) is 21.6. The predicted octanol–water partition coefficient (Wildman–Crippen LogP) is 15.8. The van der Waals surface area contributed by atoms with Crippen LogP contribution in [0.4, 0.5) is 17.1 Å². The maximum atomic E-state index is 5.90. The molecule has 0 saturated heterocycles. The Bertz CT molecular complexity index is 3890. The van der Waals surface area contributed by atoms with Crippen molar-refractivity contribution in [3.8, 4) is 0 Å². The smallest absolute Gasteiger partial charge is 0.146 e. The average Bonchev–Trinajstić information content (AvgIpc) is 3.98. The summed E-state index contributed by atoms with van der Waals surface area (Å²) in [7, 11) is 0. The van der Waals surface area contributed by atoms with E-state index >= 15 is 0 Å². The number of anilines is 3. The van der Waals surface area contributed by atoms with Crippen LogP contribution in [0, 0.1) is 0 Å². The molecule has 0 aliphatic heterocycles. The van der Waals surface area contributed by atoms with Crippen LogP contribution in [0.15, 0.2) is 158 Å². The number of nitrogens with zero attached hydrogens (tertiary/aromatic N) is 4. The highest BCUT2D eigenvalue weighted by atomic mass is 15.2. The summed E-state index contributed by atoms with van der Waals surface area (Å²) in [6.07, 6.45) is 0. The second kappa shape index (κ2) is 11.8. The fourth-order valence-corrected chi connectivity index (χ4v) is 10.6. The summed E-state index contributed by atoms with van der Waals surface area (Å²) in [6.45, 7) is 13.9. The van der Waals surface area contributed by atoms with Crippen molar-refractivity contribution in [2.45, 2.75) is 52.4 Å².